The van der Waals surface area contributed by atoms with Crippen LogP contribution in [0.15, 0.2) is 46.9 Å². The van der Waals surface area contributed by atoms with Gasteiger partial charge in [-0.2, -0.15) is 0 Å². The number of benzene rings is 2. The van der Waals surface area contributed by atoms with Crippen LogP contribution in [0.1, 0.15) is 6.92 Å². The molecule has 1 unspecified atom stereocenters. The Morgan fingerprint density at radius 1 is 1.33 bits per heavy atom. The highest BCUT2D eigenvalue weighted by atomic mass is 79.9. The first-order valence-corrected chi connectivity index (χ1v) is 7.41. The molecule has 0 saturated carbocycles. The summed E-state index contributed by atoms with van der Waals surface area (Å²) in [7, 11) is 0. The second kappa shape index (κ2) is 6.83. The first-order chi connectivity index (χ1) is 9.97. The predicted octanol–water partition coefficient (Wildman–Crippen LogP) is 4.09. The van der Waals surface area contributed by atoms with Crippen molar-refractivity contribution in [1.29, 1.82) is 0 Å². The second-order valence-electron chi connectivity index (χ2n) is 4.42. The third-order valence-corrected chi connectivity index (χ3v) is 3.55. The van der Waals surface area contributed by atoms with Gasteiger partial charge < -0.3 is 15.8 Å². The van der Waals surface area contributed by atoms with Crippen LogP contribution in [0, 0.1) is 0 Å². The molecule has 21 heavy (non-hydrogen) atoms. The standard InChI is InChI=1S/C15H14BrClN2O2/c1-9(15(20)19-11-5-3-2-4-6-11)21-14-12(16)7-10(17)8-13(14)18/h2-9H,18H2,1H3,(H,19,20). The first kappa shape index (κ1) is 15.7. The summed E-state index contributed by atoms with van der Waals surface area (Å²) in [6.07, 6.45) is -0.704. The van der Waals surface area contributed by atoms with Crippen molar-refractivity contribution in [1.82, 2.24) is 0 Å². The van der Waals surface area contributed by atoms with E-state index in [1.807, 2.05) is 18.2 Å². The van der Waals surface area contributed by atoms with Gasteiger partial charge in [0.15, 0.2) is 11.9 Å². The van der Waals surface area contributed by atoms with Crippen LogP contribution in [-0.4, -0.2) is 12.0 Å². The van der Waals surface area contributed by atoms with Gasteiger partial charge in [-0.15, -0.1) is 0 Å². The van der Waals surface area contributed by atoms with Crippen molar-refractivity contribution < 1.29 is 9.53 Å². The maximum atomic E-state index is 12.1. The fraction of sp³-hybridized carbons (Fsp3) is 0.133. The number of nitrogens with one attached hydrogen (secondary N) is 1. The predicted molar refractivity (Wildman–Crippen MR) is 88.7 cm³/mol. The lowest BCUT2D eigenvalue weighted by Gasteiger charge is -2.17. The average Bonchev–Trinajstić information content (AvgIpc) is 2.43. The van der Waals surface area contributed by atoms with E-state index >= 15 is 0 Å². The smallest absolute Gasteiger partial charge is 0.265 e. The molecule has 0 bridgehead atoms. The van der Waals surface area contributed by atoms with E-state index in [0.29, 0.717) is 26.6 Å². The Kier molecular flexibility index (Phi) is 5.09. The van der Waals surface area contributed by atoms with Crippen molar-refractivity contribution in [2.75, 3.05) is 11.1 Å². The van der Waals surface area contributed by atoms with Crippen LogP contribution in [0.4, 0.5) is 11.4 Å². The van der Waals surface area contributed by atoms with Gasteiger partial charge in [-0.25, -0.2) is 0 Å². The van der Waals surface area contributed by atoms with Gasteiger partial charge in [-0.05, 0) is 47.1 Å². The lowest BCUT2D eigenvalue weighted by molar-refractivity contribution is -0.122. The van der Waals surface area contributed by atoms with Crippen molar-refractivity contribution in [3.05, 3.63) is 52.0 Å². The minimum Gasteiger partial charge on any atom is -0.478 e. The molecular weight excluding hydrogens is 356 g/mol. The number of para-hydroxylation sites is 1. The van der Waals surface area contributed by atoms with Gasteiger partial charge in [0.2, 0.25) is 0 Å². The number of carbonyl (C=O) groups excluding carboxylic acids is 1. The molecule has 1 amide bonds. The van der Waals surface area contributed by atoms with Crippen LogP contribution in [-0.2, 0) is 4.79 Å². The lowest BCUT2D eigenvalue weighted by Crippen LogP contribution is -2.30. The van der Waals surface area contributed by atoms with E-state index in [1.54, 1.807) is 31.2 Å². The molecule has 0 aliphatic heterocycles. The normalized spacial score (nSPS) is 11.8. The highest BCUT2D eigenvalue weighted by molar-refractivity contribution is 9.10. The molecule has 4 nitrogen and oxygen atoms in total. The third kappa shape index (κ3) is 4.12. The number of amides is 1. The number of ether oxygens (including phenoxy) is 1. The molecule has 0 saturated heterocycles. The van der Waals surface area contributed by atoms with Crippen LogP contribution in [0.25, 0.3) is 0 Å². The minimum atomic E-state index is -0.704. The van der Waals surface area contributed by atoms with Crippen molar-refractivity contribution in [3.8, 4) is 5.75 Å². The van der Waals surface area contributed by atoms with E-state index in [-0.39, 0.29) is 5.91 Å². The van der Waals surface area contributed by atoms with E-state index in [1.165, 1.54) is 0 Å². The van der Waals surface area contributed by atoms with Crippen molar-refractivity contribution in [3.63, 3.8) is 0 Å². The van der Waals surface area contributed by atoms with Crippen molar-refractivity contribution >= 4 is 44.8 Å². The molecule has 0 spiro atoms. The van der Waals surface area contributed by atoms with Crippen molar-refractivity contribution in [2.24, 2.45) is 0 Å². The molecule has 0 fully saturated rings. The molecule has 0 aliphatic carbocycles. The monoisotopic (exact) mass is 368 g/mol. The largest absolute Gasteiger partial charge is 0.478 e. The summed E-state index contributed by atoms with van der Waals surface area (Å²) < 4.78 is 6.23. The molecule has 2 aromatic rings. The van der Waals surface area contributed by atoms with Crippen LogP contribution in [0.2, 0.25) is 5.02 Å². The summed E-state index contributed by atoms with van der Waals surface area (Å²) in [5, 5.41) is 3.26. The topological polar surface area (TPSA) is 64.3 Å². The van der Waals surface area contributed by atoms with Crippen LogP contribution >= 0.6 is 27.5 Å². The zero-order valence-electron chi connectivity index (χ0n) is 11.3. The Bertz CT molecular complexity index is 626. The summed E-state index contributed by atoms with van der Waals surface area (Å²) in [5.41, 5.74) is 6.93. The number of nitrogens with two attached hydrogens (primary N) is 1. The molecule has 6 heteroatoms. The van der Waals surface area contributed by atoms with Gasteiger partial charge in [0.1, 0.15) is 0 Å². The van der Waals surface area contributed by atoms with Gasteiger partial charge in [0, 0.05) is 10.7 Å². The quantitative estimate of drug-likeness (QED) is 0.798. The van der Waals surface area contributed by atoms with E-state index in [4.69, 9.17) is 22.1 Å². The fourth-order valence-electron chi connectivity index (χ4n) is 1.70. The summed E-state index contributed by atoms with van der Waals surface area (Å²) in [5.74, 6) is 0.137. The Morgan fingerprint density at radius 3 is 2.62 bits per heavy atom. The van der Waals surface area contributed by atoms with E-state index in [9.17, 15) is 4.79 Å². The number of halogens is 2. The Hall–Kier alpha value is -1.72. The van der Waals surface area contributed by atoms with Gasteiger partial charge in [0.05, 0.1) is 10.2 Å². The molecule has 110 valence electrons. The Labute approximate surface area is 136 Å². The van der Waals surface area contributed by atoms with Crippen LogP contribution in [0.5, 0.6) is 5.75 Å². The van der Waals surface area contributed by atoms with Crippen LogP contribution in [0.3, 0.4) is 0 Å². The Morgan fingerprint density at radius 2 is 2.00 bits per heavy atom. The molecule has 2 rings (SSSR count). The summed E-state index contributed by atoms with van der Waals surface area (Å²) >= 11 is 9.21. The SMILES string of the molecule is CC(Oc1c(N)cc(Cl)cc1Br)C(=O)Nc1ccccc1. The summed E-state index contributed by atoms with van der Waals surface area (Å²) in [6.45, 7) is 1.65. The van der Waals surface area contributed by atoms with E-state index in [2.05, 4.69) is 21.2 Å². The fourth-order valence-corrected chi connectivity index (χ4v) is 2.63. The number of nitrogen functional groups attached to an aromatic ring is 1. The number of rotatable bonds is 4. The highest BCUT2D eigenvalue weighted by Gasteiger charge is 2.18. The maximum absolute atomic E-state index is 12.1. The van der Waals surface area contributed by atoms with Crippen molar-refractivity contribution in [2.45, 2.75) is 13.0 Å². The average molecular weight is 370 g/mol. The zero-order valence-corrected chi connectivity index (χ0v) is 13.6. The van der Waals surface area contributed by atoms with Gasteiger partial charge >= 0.3 is 0 Å². The number of hydrogen-bond donors (Lipinski definition) is 2. The molecule has 0 radical (unpaired) electrons. The highest BCUT2D eigenvalue weighted by Crippen LogP contribution is 2.35. The van der Waals surface area contributed by atoms with Gasteiger partial charge in [-0.1, -0.05) is 29.8 Å². The molecule has 0 aliphatic rings. The Balaban J connectivity index is 2.08. The van der Waals surface area contributed by atoms with Crippen LogP contribution < -0.4 is 15.8 Å². The molecular formula is C15H14BrClN2O2. The molecule has 0 heterocycles. The molecule has 0 aromatic heterocycles. The number of anilines is 2. The minimum absolute atomic E-state index is 0.262. The van der Waals surface area contributed by atoms with E-state index < -0.39 is 6.10 Å². The molecule has 2 aromatic carbocycles. The maximum Gasteiger partial charge on any atom is 0.265 e. The lowest BCUT2D eigenvalue weighted by atomic mass is 10.2. The van der Waals surface area contributed by atoms with Gasteiger partial charge in [-0.3, -0.25) is 4.79 Å². The van der Waals surface area contributed by atoms with Gasteiger partial charge in [0.25, 0.3) is 5.91 Å². The summed E-state index contributed by atoms with van der Waals surface area (Å²) in [6, 6.07) is 12.4. The first-order valence-electron chi connectivity index (χ1n) is 6.24. The number of hydrogen-bond acceptors (Lipinski definition) is 3. The molecule has 3 N–H and O–H groups in total. The third-order valence-electron chi connectivity index (χ3n) is 2.74. The number of carbonyl (C=O) groups is 1. The zero-order chi connectivity index (χ0) is 15.4. The second-order valence-corrected chi connectivity index (χ2v) is 5.71. The molecule has 1 atom stereocenters. The van der Waals surface area contributed by atoms with E-state index in [0.717, 1.165) is 0 Å². The summed E-state index contributed by atoms with van der Waals surface area (Å²) in [4.78, 5) is 12.1.